The first-order chi connectivity index (χ1) is 12.9. The Bertz CT molecular complexity index is 805. The molecule has 6 heteroatoms. The summed E-state index contributed by atoms with van der Waals surface area (Å²) in [5, 5.41) is 7.14. The lowest BCUT2D eigenvalue weighted by Gasteiger charge is -2.34. The van der Waals surface area contributed by atoms with Crippen LogP contribution in [0.15, 0.2) is 29.4 Å². The zero-order chi connectivity index (χ0) is 20.7. The van der Waals surface area contributed by atoms with Crippen LogP contribution in [-0.4, -0.2) is 23.3 Å². The molecular weight excluding hydrogens is 354 g/mol. The van der Waals surface area contributed by atoms with Gasteiger partial charge < -0.3 is 4.74 Å². The highest BCUT2D eigenvalue weighted by molar-refractivity contribution is 5.98. The zero-order valence-electron chi connectivity index (χ0n) is 17.7. The van der Waals surface area contributed by atoms with Crippen LogP contribution in [0.5, 0.6) is 0 Å². The molecule has 0 aliphatic heterocycles. The SMILES string of the molecule is CC(C)(C)OC(=O)Nc1ccc(C(=O)N/N=C2/C[C@@H]3CC[C@@]2(C)C3(C)C)cc1. The van der Waals surface area contributed by atoms with Crippen LogP contribution < -0.4 is 10.7 Å². The van der Waals surface area contributed by atoms with Gasteiger partial charge in [0.25, 0.3) is 5.91 Å². The number of ether oxygens (including phenoxy) is 1. The number of fused-ring (bicyclic) bond motifs is 2. The molecule has 0 saturated heterocycles. The minimum Gasteiger partial charge on any atom is -0.444 e. The van der Waals surface area contributed by atoms with Gasteiger partial charge in [0.2, 0.25) is 0 Å². The van der Waals surface area contributed by atoms with Crippen molar-refractivity contribution in [1.82, 2.24) is 5.43 Å². The first kappa shape index (κ1) is 20.4. The smallest absolute Gasteiger partial charge is 0.412 e. The fraction of sp³-hybridized carbons (Fsp3) is 0.591. The van der Waals surface area contributed by atoms with Gasteiger partial charge >= 0.3 is 6.09 Å². The first-order valence-corrected chi connectivity index (χ1v) is 9.90. The highest BCUT2D eigenvalue weighted by Gasteiger charge is 2.60. The molecule has 2 amide bonds. The minimum absolute atomic E-state index is 0.0616. The molecule has 152 valence electrons. The monoisotopic (exact) mass is 385 g/mol. The number of benzene rings is 1. The molecule has 2 aliphatic rings. The number of hydrazone groups is 1. The van der Waals surface area contributed by atoms with E-state index in [0.29, 0.717) is 17.2 Å². The highest BCUT2D eigenvalue weighted by Crippen LogP contribution is 2.63. The van der Waals surface area contributed by atoms with Gasteiger partial charge in [-0.15, -0.1) is 0 Å². The number of hydrogen-bond acceptors (Lipinski definition) is 4. The third-order valence-electron chi connectivity index (χ3n) is 6.60. The number of carbonyl (C=O) groups is 2. The molecule has 0 unspecified atom stereocenters. The van der Waals surface area contributed by atoms with Gasteiger partial charge in [-0.2, -0.15) is 5.10 Å². The number of nitrogens with zero attached hydrogens (tertiary/aromatic N) is 1. The van der Waals surface area contributed by atoms with E-state index in [2.05, 4.69) is 36.6 Å². The number of nitrogens with one attached hydrogen (secondary N) is 2. The molecule has 6 nitrogen and oxygen atoms in total. The number of rotatable bonds is 3. The van der Waals surface area contributed by atoms with Crippen molar-refractivity contribution >= 4 is 23.4 Å². The van der Waals surface area contributed by atoms with Crippen molar-refractivity contribution in [2.24, 2.45) is 21.8 Å². The normalized spacial score (nSPS) is 26.9. The molecule has 0 radical (unpaired) electrons. The summed E-state index contributed by atoms with van der Waals surface area (Å²) in [7, 11) is 0. The molecule has 1 aromatic rings. The summed E-state index contributed by atoms with van der Waals surface area (Å²) in [5.74, 6) is 0.395. The summed E-state index contributed by atoms with van der Waals surface area (Å²) in [6, 6.07) is 6.67. The van der Waals surface area contributed by atoms with Crippen LogP contribution in [0.4, 0.5) is 10.5 Å². The maximum atomic E-state index is 12.5. The van der Waals surface area contributed by atoms with Crippen LogP contribution in [-0.2, 0) is 4.74 Å². The third-order valence-corrected chi connectivity index (χ3v) is 6.60. The van der Waals surface area contributed by atoms with Crippen molar-refractivity contribution in [3.8, 4) is 0 Å². The van der Waals surface area contributed by atoms with E-state index >= 15 is 0 Å². The van der Waals surface area contributed by atoms with Gasteiger partial charge in [-0.05, 0) is 75.6 Å². The van der Waals surface area contributed by atoms with Gasteiger partial charge in [-0.1, -0.05) is 20.8 Å². The topological polar surface area (TPSA) is 79.8 Å². The van der Waals surface area contributed by atoms with E-state index in [1.807, 2.05) is 0 Å². The number of anilines is 1. The van der Waals surface area contributed by atoms with Crippen LogP contribution >= 0.6 is 0 Å². The molecule has 28 heavy (non-hydrogen) atoms. The second-order valence-electron chi connectivity index (χ2n) is 9.70. The fourth-order valence-corrected chi connectivity index (χ4v) is 4.41. The van der Waals surface area contributed by atoms with Crippen molar-refractivity contribution in [3.63, 3.8) is 0 Å². The molecule has 3 rings (SSSR count). The Morgan fingerprint density at radius 1 is 1.14 bits per heavy atom. The summed E-state index contributed by atoms with van der Waals surface area (Å²) in [6.07, 6.45) is 2.80. The van der Waals surface area contributed by atoms with Gasteiger partial charge in [0.15, 0.2) is 0 Å². The van der Waals surface area contributed by atoms with Crippen molar-refractivity contribution in [1.29, 1.82) is 0 Å². The van der Waals surface area contributed by atoms with Crippen LogP contribution in [0.2, 0.25) is 0 Å². The quantitative estimate of drug-likeness (QED) is 0.721. The summed E-state index contributed by atoms with van der Waals surface area (Å²) in [4.78, 5) is 24.3. The zero-order valence-corrected chi connectivity index (χ0v) is 17.7. The standard InChI is InChI=1S/C22H31N3O3/c1-20(2,3)28-19(27)23-16-9-7-14(8-10-16)18(26)25-24-17-13-15-11-12-22(17,6)21(15,4)5/h7-10,15H,11-13H2,1-6H3,(H,23,27)(H,25,26)/b24-17-/t15-,22+/m0/s1. The molecule has 2 aliphatic carbocycles. The predicted octanol–water partition coefficient (Wildman–Crippen LogP) is 4.97. The highest BCUT2D eigenvalue weighted by atomic mass is 16.6. The van der Waals surface area contributed by atoms with Crippen molar-refractivity contribution in [3.05, 3.63) is 29.8 Å². The first-order valence-electron chi connectivity index (χ1n) is 9.90. The van der Waals surface area contributed by atoms with E-state index in [1.54, 1.807) is 45.0 Å². The predicted molar refractivity (Wildman–Crippen MR) is 110 cm³/mol. The molecule has 0 heterocycles. The Hall–Kier alpha value is -2.37. The maximum absolute atomic E-state index is 12.5. The third kappa shape index (κ3) is 3.77. The second-order valence-corrected chi connectivity index (χ2v) is 9.70. The Labute approximate surface area is 167 Å². The number of amides is 2. The van der Waals surface area contributed by atoms with Gasteiger partial charge in [-0.25, -0.2) is 10.2 Å². The molecule has 2 atom stereocenters. The summed E-state index contributed by atoms with van der Waals surface area (Å²) in [5.41, 5.74) is 4.61. The Morgan fingerprint density at radius 3 is 2.29 bits per heavy atom. The lowest BCUT2D eigenvalue weighted by Crippen LogP contribution is -2.34. The van der Waals surface area contributed by atoms with Crippen LogP contribution in [0.25, 0.3) is 0 Å². The van der Waals surface area contributed by atoms with Crippen LogP contribution in [0, 0.1) is 16.7 Å². The van der Waals surface area contributed by atoms with Gasteiger partial charge in [0.05, 0.1) is 0 Å². The maximum Gasteiger partial charge on any atom is 0.412 e. The van der Waals surface area contributed by atoms with E-state index in [1.165, 1.54) is 6.42 Å². The number of hydrogen-bond donors (Lipinski definition) is 2. The average molecular weight is 386 g/mol. The molecule has 0 spiro atoms. The molecule has 2 bridgehead atoms. The Kier molecular flexibility index (Phi) is 5.02. The number of carbonyl (C=O) groups excluding carboxylic acids is 2. The van der Waals surface area contributed by atoms with Gasteiger partial charge in [0, 0.05) is 22.4 Å². The Balaban J connectivity index is 1.61. The summed E-state index contributed by atoms with van der Waals surface area (Å²) in [6.45, 7) is 12.3. The average Bonchev–Trinajstić information content (AvgIpc) is 2.91. The largest absolute Gasteiger partial charge is 0.444 e. The van der Waals surface area contributed by atoms with Crippen LogP contribution in [0.1, 0.15) is 71.2 Å². The van der Waals surface area contributed by atoms with E-state index < -0.39 is 11.7 Å². The lowest BCUT2D eigenvalue weighted by molar-refractivity contribution is 0.0635. The van der Waals surface area contributed by atoms with Crippen molar-refractivity contribution in [2.75, 3.05) is 5.32 Å². The molecule has 0 aromatic heterocycles. The fourth-order valence-electron chi connectivity index (χ4n) is 4.41. The van der Waals surface area contributed by atoms with Crippen molar-refractivity contribution < 1.29 is 14.3 Å². The lowest BCUT2D eigenvalue weighted by atomic mass is 9.70. The molecule has 1 aromatic carbocycles. The Morgan fingerprint density at radius 2 is 1.79 bits per heavy atom. The summed E-state index contributed by atoms with van der Waals surface area (Å²) >= 11 is 0. The molecule has 2 fully saturated rings. The van der Waals surface area contributed by atoms with E-state index in [0.717, 1.165) is 18.6 Å². The van der Waals surface area contributed by atoms with Gasteiger partial charge in [0.1, 0.15) is 5.60 Å². The van der Waals surface area contributed by atoms with E-state index in [-0.39, 0.29) is 16.7 Å². The summed E-state index contributed by atoms with van der Waals surface area (Å²) < 4.78 is 5.22. The van der Waals surface area contributed by atoms with E-state index in [4.69, 9.17) is 4.74 Å². The van der Waals surface area contributed by atoms with Crippen LogP contribution in [0.3, 0.4) is 0 Å². The van der Waals surface area contributed by atoms with E-state index in [9.17, 15) is 9.59 Å². The molecule has 2 N–H and O–H groups in total. The van der Waals surface area contributed by atoms with Gasteiger partial charge in [-0.3, -0.25) is 10.1 Å². The molecular formula is C22H31N3O3. The van der Waals surface area contributed by atoms with Crippen molar-refractivity contribution in [2.45, 2.75) is 66.4 Å². The minimum atomic E-state index is -0.562. The second kappa shape index (κ2) is 6.90. The molecule has 2 saturated carbocycles.